The highest BCUT2D eigenvalue weighted by atomic mass is 32.1. The summed E-state index contributed by atoms with van der Waals surface area (Å²) in [4.78, 5) is 2.45. The third-order valence-electron chi connectivity index (χ3n) is 10.2. The molecule has 0 bridgehead atoms. The van der Waals surface area contributed by atoms with Crippen LogP contribution in [0.15, 0.2) is 182 Å². The van der Waals surface area contributed by atoms with Gasteiger partial charge in [0.25, 0.3) is 0 Å². The molecule has 0 N–H and O–H groups in total. The minimum atomic E-state index is 0.0555. The molecule has 9 rings (SSSR count). The van der Waals surface area contributed by atoms with Crippen molar-refractivity contribution < 1.29 is 0 Å². The van der Waals surface area contributed by atoms with Gasteiger partial charge in [-0.2, -0.15) is 0 Å². The molecule has 0 saturated carbocycles. The number of benzene rings is 8. The van der Waals surface area contributed by atoms with E-state index < -0.39 is 0 Å². The SMILES string of the molecule is CC(C)(C)c1ccc(N(c2cccc(-c3cccc4sc5ccccc5c34)c2)c2ccccc2-c2cccc3cccc(-c4ccccc4)c23)cc1. The summed E-state index contributed by atoms with van der Waals surface area (Å²) in [5.41, 5.74) is 12.1. The van der Waals surface area contributed by atoms with E-state index in [0.717, 1.165) is 17.1 Å². The van der Waals surface area contributed by atoms with Gasteiger partial charge < -0.3 is 4.90 Å². The molecule has 1 heterocycles. The van der Waals surface area contributed by atoms with Crippen molar-refractivity contribution in [2.45, 2.75) is 26.2 Å². The average molecular weight is 686 g/mol. The molecule has 250 valence electrons. The molecule has 0 fully saturated rings. The number of hydrogen-bond donors (Lipinski definition) is 0. The Morgan fingerprint density at radius 2 is 1.02 bits per heavy atom. The Kier molecular flexibility index (Phi) is 7.98. The van der Waals surface area contributed by atoms with Crippen LogP contribution in [0.1, 0.15) is 26.3 Å². The van der Waals surface area contributed by atoms with Crippen LogP contribution in [0.25, 0.3) is 64.3 Å². The van der Waals surface area contributed by atoms with Gasteiger partial charge in [0.1, 0.15) is 0 Å². The summed E-state index contributed by atoms with van der Waals surface area (Å²) < 4.78 is 2.63. The lowest BCUT2D eigenvalue weighted by Crippen LogP contribution is -2.14. The summed E-state index contributed by atoms with van der Waals surface area (Å²) >= 11 is 1.87. The quantitative estimate of drug-likeness (QED) is 0.168. The Bertz CT molecular complexity index is 2710. The summed E-state index contributed by atoms with van der Waals surface area (Å²) in [6.45, 7) is 6.83. The van der Waals surface area contributed by atoms with Gasteiger partial charge in [0.05, 0.1) is 5.69 Å². The van der Waals surface area contributed by atoms with E-state index in [1.54, 1.807) is 0 Å². The number of fused-ring (bicyclic) bond motifs is 4. The van der Waals surface area contributed by atoms with Crippen LogP contribution in [0.5, 0.6) is 0 Å². The molecule has 9 aromatic rings. The third kappa shape index (κ3) is 5.66. The van der Waals surface area contributed by atoms with Gasteiger partial charge in [-0.1, -0.05) is 160 Å². The molecule has 8 aromatic carbocycles. The topological polar surface area (TPSA) is 3.24 Å². The molecule has 0 aliphatic rings. The smallest absolute Gasteiger partial charge is 0.0540 e. The van der Waals surface area contributed by atoms with Gasteiger partial charge in [0.2, 0.25) is 0 Å². The van der Waals surface area contributed by atoms with E-state index in [0.29, 0.717) is 0 Å². The Morgan fingerprint density at radius 3 is 1.81 bits per heavy atom. The Labute approximate surface area is 310 Å². The number of nitrogens with zero attached hydrogens (tertiary/aromatic N) is 1. The molecule has 0 aliphatic heterocycles. The van der Waals surface area contributed by atoms with Gasteiger partial charge in [0.15, 0.2) is 0 Å². The van der Waals surface area contributed by atoms with Crippen LogP contribution in [0, 0.1) is 0 Å². The summed E-state index contributed by atoms with van der Waals surface area (Å²) in [7, 11) is 0. The fraction of sp³-hybridized carbons (Fsp3) is 0.0800. The lowest BCUT2D eigenvalue weighted by molar-refractivity contribution is 0.590. The summed E-state index contributed by atoms with van der Waals surface area (Å²) in [5, 5.41) is 5.13. The Hall–Kier alpha value is -5.96. The van der Waals surface area contributed by atoms with Crippen LogP contribution >= 0.6 is 11.3 Å². The zero-order chi connectivity index (χ0) is 35.2. The molecule has 1 aromatic heterocycles. The number of hydrogen-bond acceptors (Lipinski definition) is 2. The van der Waals surface area contributed by atoms with E-state index >= 15 is 0 Å². The van der Waals surface area contributed by atoms with Crippen LogP contribution < -0.4 is 4.90 Å². The zero-order valence-electron chi connectivity index (χ0n) is 29.7. The fourth-order valence-corrected chi connectivity index (χ4v) is 8.82. The van der Waals surface area contributed by atoms with Crippen LogP contribution in [0.3, 0.4) is 0 Å². The standard InChI is InChI=1S/C50H39NS/c1-50(2,3)37-29-31-38(32-30-37)51(39-20-11-19-36(33-39)41-24-14-28-47-49(41)44-22-8-10-27-46(44)52-47)45-26-9-7-21-42(45)43-25-13-18-35-17-12-23-40(48(35)43)34-15-5-4-6-16-34/h4-33H,1-3H3. The van der Waals surface area contributed by atoms with E-state index in [2.05, 4.69) is 208 Å². The fourth-order valence-electron chi connectivity index (χ4n) is 7.69. The van der Waals surface area contributed by atoms with Crippen molar-refractivity contribution in [1.82, 2.24) is 0 Å². The highest BCUT2D eigenvalue weighted by Crippen LogP contribution is 2.46. The highest BCUT2D eigenvalue weighted by molar-refractivity contribution is 7.25. The van der Waals surface area contributed by atoms with Crippen molar-refractivity contribution in [3.8, 4) is 33.4 Å². The highest BCUT2D eigenvalue weighted by Gasteiger charge is 2.22. The van der Waals surface area contributed by atoms with E-state index in [1.807, 2.05) is 11.3 Å². The van der Waals surface area contributed by atoms with Gasteiger partial charge >= 0.3 is 0 Å². The molecule has 0 atom stereocenters. The van der Waals surface area contributed by atoms with Crippen LogP contribution in [-0.2, 0) is 5.41 Å². The number of para-hydroxylation sites is 1. The molecule has 0 unspecified atom stereocenters. The van der Waals surface area contributed by atoms with E-state index in [9.17, 15) is 0 Å². The van der Waals surface area contributed by atoms with Gasteiger partial charge in [-0.05, 0) is 92.0 Å². The van der Waals surface area contributed by atoms with Crippen molar-refractivity contribution >= 4 is 59.3 Å². The minimum Gasteiger partial charge on any atom is -0.310 e. The van der Waals surface area contributed by atoms with Gasteiger partial charge in [-0.15, -0.1) is 11.3 Å². The maximum Gasteiger partial charge on any atom is 0.0540 e. The van der Waals surface area contributed by atoms with Crippen LogP contribution in [-0.4, -0.2) is 0 Å². The second-order valence-corrected chi connectivity index (χ2v) is 15.6. The molecule has 0 amide bonds. The lowest BCUT2D eigenvalue weighted by atomic mass is 9.87. The van der Waals surface area contributed by atoms with Crippen molar-refractivity contribution in [2.75, 3.05) is 4.90 Å². The van der Waals surface area contributed by atoms with Crippen LogP contribution in [0.2, 0.25) is 0 Å². The van der Waals surface area contributed by atoms with Crippen molar-refractivity contribution in [3.05, 3.63) is 188 Å². The van der Waals surface area contributed by atoms with Crippen molar-refractivity contribution in [1.29, 1.82) is 0 Å². The molecule has 2 heteroatoms. The zero-order valence-corrected chi connectivity index (χ0v) is 30.5. The molecular weight excluding hydrogens is 647 g/mol. The Morgan fingerprint density at radius 1 is 0.423 bits per heavy atom. The van der Waals surface area contributed by atoms with Gasteiger partial charge in [-0.25, -0.2) is 0 Å². The summed E-state index contributed by atoms with van der Waals surface area (Å²) in [5.74, 6) is 0. The first kappa shape index (κ1) is 32.0. The predicted molar refractivity (Wildman–Crippen MR) is 227 cm³/mol. The molecule has 0 aliphatic carbocycles. The van der Waals surface area contributed by atoms with Gasteiger partial charge in [-0.3, -0.25) is 0 Å². The van der Waals surface area contributed by atoms with Crippen LogP contribution in [0.4, 0.5) is 17.1 Å². The first-order valence-electron chi connectivity index (χ1n) is 18.0. The molecule has 52 heavy (non-hydrogen) atoms. The number of anilines is 3. The second-order valence-electron chi connectivity index (χ2n) is 14.6. The van der Waals surface area contributed by atoms with E-state index in [4.69, 9.17) is 0 Å². The van der Waals surface area contributed by atoms with Crippen molar-refractivity contribution in [2.24, 2.45) is 0 Å². The molecular formula is C50H39NS. The Balaban J connectivity index is 1.28. The monoisotopic (exact) mass is 685 g/mol. The normalized spacial score (nSPS) is 11.8. The summed E-state index contributed by atoms with van der Waals surface area (Å²) in [6.07, 6.45) is 0. The average Bonchev–Trinajstić information content (AvgIpc) is 3.57. The minimum absolute atomic E-state index is 0.0555. The van der Waals surface area contributed by atoms with E-state index in [-0.39, 0.29) is 5.41 Å². The molecule has 1 nitrogen and oxygen atoms in total. The molecule has 0 saturated heterocycles. The van der Waals surface area contributed by atoms with Crippen molar-refractivity contribution in [3.63, 3.8) is 0 Å². The van der Waals surface area contributed by atoms with E-state index in [1.165, 1.54) is 69.9 Å². The third-order valence-corrected chi connectivity index (χ3v) is 11.4. The maximum absolute atomic E-state index is 2.45. The first-order chi connectivity index (χ1) is 25.4. The molecule has 0 spiro atoms. The predicted octanol–water partition coefficient (Wildman–Crippen LogP) is 15.0. The maximum atomic E-state index is 2.45. The first-order valence-corrected chi connectivity index (χ1v) is 18.8. The summed E-state index contributed by atoms with van der Waals surface area (Å²) in [6, 6.07) is 66.8. The second kappa shape index (κ2) is 13.0. The van der Waals surface area contributed by atoms with Gasteiger partial charge in [0, 0.05) is 37.1 Å². The molecule has 0 radical (unpaired) electrons. The lowest BCUT2D eigenvalue weighted by Gasteiger charge is -2.29. The number of thiophene rings is 1. The number of rotatable bonds is 6. The largest absolute Gasteiger partial charge is 0.310 e.